The van der Waals surface area contributed by atoms with E-state index >= 15 is 0 Å². The molecule has 0 amide bonds. The van der Waals surface area contributed by atoms with Crippen LogP contribution in [-0.2, 0) is 4.74 Å². The van der Waals surface area contributed by atoms with Crippen molar-refractivity contribution >= 4 is 34.3 Å². The predicted octanol–water partition coefficient (Wildman–Crippen LogP) is 4.71. The van der Waals surface area contributed by atoms with Gasteiger partial charge in [-0.1, -0.05) is 17.7 Å². The van der Waals surface area contributed by atoms with Crippen LogP contribution in [-0.4, -0.2) is 19.3 Å². The number of rotatable bonds is 6. The Morgan fingerprint density at radius 2 is 2.30 bits per heavy atom. The fourth-order valence-electron chi connectivity index (χ4n) is 2.54. The molecule has 0 bridgehead atoms. The molecule has 108 valence electrons. The maximum Gasteiger partial charge on any atom is 0.0931 e. The monoisotopic (exact) mass is 327 g/mol. The number of nitrogens with one attached hydrogen (secondary N) is 1. The molecule has 1 aliphatic heterocycles. The maximum atomic E-state index is 6.08. The molecule has 2 atom stereocenters. The molecule has 1 N–H and O–H groups in total. The van der Waals surface area contributed by atoms with Crippen LogP contribution < -0.4 is 5.32 Å². The van der Waals surface area contributed by atoms with Crippen LogP contribution in [0.4, 0.5) is 0 Å². The van der Waals surface area contributed by atoms with Crippen molar-refractivity contribution in [2.24, 2.45) is 0 Å². The predicted molar refractivity (Wildman–Crippen MR) is 87.1 cm³/mol. The van der Waals surface area contributed by atoms with Crippen LogP contribution in [0, 0.1) is 0 Å². The first-order valence-corrected chi connectivity index (χ1v) is 9.04. The van der Waals surface area contributed by atoms with Gasteiger partial charge in [-0.25, -0.2) is 0 Å². The van der Waals surface area contributed by atoms with Crippen molar-refractivity contribution in [3.8, 4) is 0 Å². The van der Waals surface area contributed by atoms with E-state index in [-0.39, 0.29) is 6.04 Å². The molecule has 0 radical (unpaired) electrons. The minimum atomic E-state index is 0.258. The van der Waals surface area contributed by atoms with Gasteiger partial charge in [0.15, 0.2) is 0 Å². The number of ether oxygens (including phenoxy) is 1. The Balaban J connectivity index is 1.63. The second kappa shape index (κ2) is 7.05. The van der Waals surface area contributed by atoms with E-state index in [0.29, 0.717) is 6.10 Å². The third-order valence-corrected chi connectivity index (χ3v) is 5.78. The summed E-state index contributed by atoms with van der Waals surface area (Å²) in [4.78, 5) is 2.63. The molecule has 1 saturated heterocycles. The van der Waals surface area contributed by atoms with Gasteiger partial charge in [0, 0.05) is 16.4 Å². The molecule has 2 unspecified atom stereocenters. The zero-order chi connectivity index (χ0) is 13.8. The third kappa shape index (κ3) is 3.62. The molecule has 1 aliphatic rings. The van der Waals surface area contributed by atoms with Crippen LogP contribution in [0.15, 0.2) is 29.6 Å². The topological polar surface area (TPSA) is 21.3 Å². The van der Waals surface area contributed by atoms with Crippen molar-refractivity contribution in [3.63, 3.8) is 0 Å². The highest BCUT2D eigenvalue weighted by molar-refractivity contribution is 7.16. The van der Waals surface area contributed by atoms with Crippen molar-refractivity contribution in [1.82, 2.24) is 5.32 Å². The SMILES string of the molecule is Clc1ccc(C(NCCC2CCCO2)c2cccs2)s1. The van der Waals surface area contributed by atoms with E-state index < -0.39 is 0 Å². The molecule has 0 aromatic carbocycles. The molecule has 1 fully saturated rings. The van der Waals surface area contributed by atoms with E-state index in [1.54, 1.807) is 22.7 Å². The smallest absolute Gasteiger partial charge is 0.0931 e. The average molecular weight is 328 g/mol. The van der Waals surface area contributed by atoms with Gasteiger partial charge in [-0.15, -0.1) is 22.7 Å². The van der Waals surface area contributed by atoms with Gasteiger partial charge in [-0.3, -0.25) is 0 Å². The van der Waals surface area contributed by atoms with Crippen LogP contribution in [0.2, 0.25) is 4.34 Å². The molecule has 20 heavy (non-hydrogen) atoms. The quantitative estimate of drug-likeness (QED) is 0.829. The minimum Gasteiger partial charge on any atom is -0.378 e. The second-order valence-corrected chi connectivity index (χ2v) is 7.69. The van der Waals surface area contributed by atoms with Crippen LogP contribution in [0.25, 0.3) is 0 Å². The molecular formula is C15H18ClNOS2. The molecule has 0 aliphatic carbocycles. The number of thiophene rings is 2. The van der Waals surface area contributed by atoms with Gasteiger partial charge in [-0.05, 0) is 49.4 Å². The van der Waals surface area contributed by atoms with Gasteiger partial charge < -0.3 is 10.1 Å². The fraction of sp³-hybridized carbons (Fsp3) is 0.467. The van der Waals surface area contributed by atoms with Crippen LogP contribution >= 0.6 is 34.3 Å². The molecule has 3 heterocycles. The minimum absolute atomic E-state index is 0.258. The second-order valence-electron chi connectivity index (χ2n) is 4.97. The van der Waals surface area contributed by atoms with Crippen molar-refractivity contribution in [1.29, 1.82) is 0 Å². The van der Waals surface area contributed by atoms with Crippen LogP contribution in [0.1, 0.15) is 35.1 Å². The number of hydrogen-bond acceptors (Lipinski definition) is 4. The zero-order valence-electron chi connectivity index (χ0n) is 11.2. The highest BCUT2D eigenvalue weighted by Crippen LogP contribution is 2.33. The normalized spacial score (nSPS) is 20.4. The standard InChI is InChI=1S/C15H18ClNOS2/c16-14-6-5-13(20-14)15(12-4-2-10-19-12)17-8-7-11-3-1-9-18-11/h2,4-6,10-11,15,17H,1,3,7-9H2. The van der Waals surface area contributed by atoms with Gasteiger partial charge in [0.05, 0.1) is 16.5 Å². The summed E-state index contributed by atoms with van der Waals surface area (Å²) < 4.78 is 6.53. The number of hydrogen-bond donors (Lipinski definition) is 1. The summed E-state index contributed by atoms with van der Waals surface area (Å²) in [5.74, 6) is 0. The van der Waals surface area contributed by atoms with Crippen molar-refractivity contribution in [2.75, 3.05) is 13.2 Å². The lowest BCUT2D eigenvalue weighted by atomic mass is 10.1. The lowest BCUT2D eigenvalue weighted by Gasteiger charge is -2.17. The highest BCUT2D eigenvalue weighted by atomic mass is 35.5. The van der Waals surface area contributed by atoms with E-state index in [4.69, 9.17) is 16.3 Å². The highest BCUT2D eigenvalue weighted by Gasteiger charge is 2.19. The summed E-state index contributed by atoms with van der Waals surface area (Å²) in [6, 6.07) is 8.64. The lowest BCUT2D eigenvalue weighted by Crippen LogP contribution is -2.25. The Labute approximate surface area is 132 Å². The zero-order valence-corrected chi connectivity index (χ0v) is 13.6. The molecule has 2 nitrogen and oxygen atoms in total. The van der Waals surface area contributed by atoms with E-state index in [1.165, 1.54) is 22.6 Å². The Kier molecular flexibility index (Phi) is 5.13. The molecular weight excluding hydrogens is 310 g/mol. The van der Waals surface area contributed by atoms with Gasteiger partial charge in [-0.2, -0.15) is 0 Å². The third-order valence-electron chi connectivity index (χ3n) is 3.54. The van der Waals surface area contributed by atoms with Crippen molar-refractivity contribution in [2.45, 2.75) is 31.4 Å². The Bertz CT molecular complexity index is 520. The summed E-state index contributed by atoms with van der Waals surface area (Å²) in [7, 11) is 0. The summed E-state index contributed by atoms with van der Waals surface area (Å²) in [5.41, 5.74) is 0. The molecule has 5 heteroatoms. The maximum absolute atomic E-state index is 6.08. The van der Waals surface area contributed by atoms with E-state index in [0.717, 1.165) is 23.9 Å². The van der Waals surface area contributed by atoms with E-state index in [9.17, 15) is 0 Å². The van der Waals surface area contributed by atoms with Crippen LogP contribution in [0.3, 0.4) is 0 Å². The Morgan fingerprint density at radius 3 is 2.95 bits per heavy atom. The molecule has 0 saturated carbocycles. The summed E-state index contributed by atoms with van der Waals surface area (Å²) >= 11 is 9.52. The average Bonchev–Trinajstić information content (AvgIpc) is 3.17. The molecule has 2 aromatic heterocycles. The molecule has 2 aromatic rings. The molecule has 3 rings (SSSR count). The summed E-state index contributed by atoms with van der Waals surface area (Å²) in [6.45, 7) is 1.91. The Morgan fingerprint density at radius 1 is 1.35 bits per heavy atom. The van der Waals surface area contributed by atoms with Crippen molar-refractivity contribution < 1.29 is 4.74 Å². The van der Waals surface area contributed by atoms with Crippen molar-refractivity contribution in [3.05, 3.63) is 43.7 Å². The summed E-state index contributed by atoms with van der Waals surface area (Å²) in [5, 5.41) is 5.79. The number of halogens is 1. The fourth-order valence-corrected chi connectivity index (χ4v) is 4.59. The first-order chi connectivity index (χ1) is 9.83. The van der Waals surface area contributed by atoms with Gasteiger partial charge in [0.2, 0.25) is 0 Å². The lowest BCUT2D eigenvalue weighted by molar-refractivity contribution is 0.104. The van der Waals surface area contributed by atoms with Gasteiger partial charge in [0.25, 0.3) is 0 Å². The largest absolute Gasteiger partial charge is 0.378 e. The molecule has 0 spiro atoms. The van der Waals surface area contributed by atoms with E-state index in [2.05, 4.69) is 28.9 Å². The van der Waals surface area contributed by atoms with Gasteiger partial charge >= 0.3 is 0 Å². The summed E-state index contributed by atoms with van der Waals surface area (Å²) in [6.07, 6.45) is 3.94. The van der Waals surface area contributed by atoms with Crippen LogP contribution in [0.5, 0.6) is 0 Å². The van der Waals surface area contributed by atoms with Gasteiger partial charge in [0.1, 0.15) is 0 Å². The van der Waals surface area contributed by atoms with E-state index in [1.807, 2.05) is 6.07 Å². The first kappa shape index (κ1) is 14.5. The Hall–Kier alpha value is -0.390. The first-order valence-electron chi connectivity index (χ1n) is 6.96.